The van der Waals surface area contributed by atoms with Crippen LogP contribution in [0.5, 0.6) is 0 Å². The fraction of sp³-hybridized carbons (Fsp3) is 0.636. The largest absolute Gasteiger partial charge is 0.339 e. The first-order chi connectivity index (χ1) is 13.2. The molecule has 0 spiro atoms. The number of rotatable bonds is 6. The lowest BCUT2D eigenvalue weighted by Crippen LogP contribution is -2.51. The normalized spacial score (nSPS) is 19.6. The summed E-state index contributed by atoms with van der Waals surface area (Å²) in [5, 5.41) is 8.89. The Morgan fingerprint density at radius 3 is 2.30 bits per heavy atom. The Hall–Kier alpha value is -1.90. The molecule has 1 aromatic rings. The molecule has 5 nitrogen and oxygen atoms in total. The van der Waals surface area contributed by atoms with Crippen LogP contribution in [-0.4, -0.2) is 65.9 Å². The average Bonchev–Trinajstić information content (AvgIpc) is 2.71. The monoisotopic (exact) mass is 368 g/mol. The first-order valence-electron chi connectivity index (χ1n) is 10.4. The van der Waals surface area contributed by atoms with E-state index in [1.807, 2.05) is 24.3 Å². The summed E-state index contributed by atoms with van der Waals surface area (Å²) in [6, 6.07) is 10.5. The molecule has 0 bridgehead atoms. The third-order valence-corrected chi connectivity index (χ3v) is 5.99. The van der Waals surface area contributed by atoms with Crippen LogP contribution in [0.1, 0.15) is 50.2 Å². The van der Waals surface area contributed by atoms with Crippen molar-refractivity contribution in [1.29, 1.82) is 5.26 Å². The first-order valence-corrected chi connectivity index (χ1v) is 10.4. The predicted octanol–water partition coefficient (Wildman–Crippen LogP) is 2.86. The minimum absolute atomic E-state index is 0.310. The fourth-order valence-corrected chi connectivity index (χ4v) is 4.36. The number of carbonyl (C=O) groups excluding carboxylic acids is 1. The number of nitrogens with zero attached hydrogens (tertiary/aromatic N) is 4. The molecular formula is C22H32N4O. The van der Waals surface area contributed by atoms with E-state index in [1.54, 1.807) is 0 Å². The van der Waals surface area contributed by atoms with Crippen LogP contribution in [0.15, 0.2) is 24.3 Å². The van der Waals surface area contributed by atoms with E-state index in [4.69, 9.17) is 5.26 Å². The highest BCUT2D eigenvalue weighted by atomic mass is 16.2. The van der Waals surface area contributed by atoms with Crippen LogP contribution in [0.3, 0.4) is 0 Å². The SMILES string of the molecule is CCN(C(=O)CN1CCN(Cc2ccc(C#N)cc2)CC1)C1CCCCC1. The number of likely N-dealkylation sites (N-methyl/N-ethyl adjacent to an activating group) is 1. The molecule has 0 N–H and O–H groups in total. The number of carbonyl (C=O) groups is 1. The lowest BCUT2D eigenvalue weighted by atomic mass is 9.94. The van der Waals surface area contributed by atoms with Crippen molar-refractivity contribution < 1.29 is 4.79 Å². The highest BCUT2D eigenvalue weighted by molar-refractivity contribution is 5.78. The van der Waals surface area contributed by atoms with Gasteiger partial charge in [-0.25, -0.2) is 0 Å². The standard InChI is InChI=1S/C22H32N4O/c1-2-26(21-6-4-3-5-7-21)22(27)18-25-14-12-24(13-15-25)17-20-10-8-19(16-23)9-11-20/h8-11,21H,2-7,12-15,17-18H2,1H3. The van der Waals surface area contributed by atoms with Gasteiger partial charge in [-0.05, 0) is 37.5 Å². The summed E-state index contributed by atoms with van der Waals surface area (Å²) >= 11 is 0. The van der Waals surface area contributed by atoms with Crippen LogP contribution in [0.4, 0.5) is 0 Å². The zero-order valence-corrected chi connectivity index (χ0v) is 16.6. The maximum atomic E-state index is 12.8. The number of amides is 1. The Labute approximate surface area is 163 Å². The van der Waals surface area contributed by atoms with Gasteiger partial charge in [0, 0.05) is 45.3 Å². The first kappa shape index (κ1) is 19.9. The van der Waals surface area contributed by atoms with Gasteiger partial charge < -0.3 is 4.90 Å². The van der Waals surface area contributed by atoms with Crippen molar-refractivity contribution in [3.05, 3.63) is 35.4 Å². The van der Waals surface area contributed by atoms with Gasteiger partial charge in [-0.2, -0.15) is 5.26 Å². The molecule has 146 valence electrons. The number of piperazine rings is 1. The molecule has 2 aliphatic rings. The Bertz CT molecular complexity index is 637. The maximum absolute atomic E-state index is 12.8. The van der Waals surface area contributed by atoms with Gasteiger partial charge in [0.1, 0.15) is 0 Å². The van der Waals surface area contributed by atoms with Gasteiger partial charge in [-0.3, -0.25) is 14.6 Å². The summed E-state index contributed by atoms with van der Waals surface area (Å²) in [6.07, 6.45) is 6.21. The lowest BCUT2D eigenvalue weighted by Gasteiger charge is -2.38. The summed E-state index contributed by atoms with van der Waals surface area (Å²) < 4.78 is 0. The molecule has 1 amide bonds. The molecule has 27 heavy (non-hydrogen) atoms. The summed E-state index contributed by atoms with van der Waals surface area (Å²) in [6.45, 7) is 8.30. The van der Waals surface area contributed by atoms with E-state index in [0.717, 1.165) is 39.3 Å². The summed E-state index contributed by atoms with van der Waals surface area (Å²) in [5.41, 5.74) is 1.95. The molecule has 1 heterocycles. The van der Waals surface area contributed by atoms with Gasteiger partial charge in [0.05, 0.1) is 18.2 Å². The second-order valence-corrected chi connectivity index (χ2v) is 7.83. The van der Waals surface area contributed by atoms with E-state index >= 15 is 0 Å². The van der Waals surface area contributed by atoms with E-state index in [0.29, 0.717) is 24.1 Å². The van der Waals surface area contributed by atoms with Crippen LogP contribution >= 0.6 is 0 Å². The van der Waals surface area contributed by atoms with Crippen molar-refractivity contribution in [2.45, 2.75) is 51.6 Å². The third kappa shape index (κ3) is 5.54. The smallest absolute Gasteiger partial charge is 0.236 e. The molecule has 1 aliphatic heterocycles. The number of hydrogen-bond acceptors (Lipinski definition) is 4. The Balaban J connectivity index is 1.44. The van der Waals surface area contributed by atoms with Gasteiger partial charge >= 0.3 is 0 Å². The average molecular weight is 369 g/mol. The van der Waals surface area contributed by atoms with Crippen molar-refractivity contribution in [1.82, 2.24) is 14.7 Å². The topological polar surface area (TPSA) is 50.6 Å². The quantitative estimate of drug-likeness (QED) is 0.775. The summed E-state index contributed by atoms with van der Waals surface area (Å²) in [4.78, 5) is 19.7. The molecule has 0 unspecified atom stereocenters. The van der Waals surface area contributed by atoms with E-state index in [-0.39, 0.29) is 0 Å². The van der Waals surface area contributed by atoms with Gasteiger partial charge in [0.25, 0.3) is 0 Å². The van der Waals surface area contributed by atoms with Crippen LogP contribution in [0.2, 0.25) is 0 Å². The molecular weight excluding hydrogens is 336 g/mol. The molecule has 1 saturated carbocycles. The van der Waals surface area contributed by atoms with Crippen molar-refractivity contribution >= 4 is 5.91 Å². The van der Waals surface area contributed by atoms with Crippen molar-refractivity contribution in [3.8, 4) is 6.07 Å². The Morgan fingerprint density at radius 1 is 1.07 bits per heavy atom. The summed E-state index contributed by atoms with van der Waals surface area (Å²) in [7, 11) is 0. The van der Waals surface area contributed by atoms with Crippen molar-refractivity contribution in [3.63, 3.8) is 0 Å². The fourth-order valence-electron chi connectivity index (χ4n) is 4.36. The Morgan fingerprint density at radius 2 is 1.70 bits per heavy atom. The van der Waals surface area contributed by atoms with Crippen LogP contribution in [0.25, 0.3) is 0 Å². The molecule has 1 saturated heterocycles. The number of hydrogen-bond donors (Lipinski definition) is 0. The minimum Gasteiger partial charge on any atom is -0.339 e. The molecule has 0 atom stereocenters. The van der Waals surface area contributed by atoms with Gasteiger partial charge in [0.2, 0.25) is 5.91 Å². The maximum Gasteiger partial charge on any atom is 0.236 e. The second kappa shape index (κ2) is 9.87. The highest BCUT2D eigenvalue weighted by Gasteiger charge is 2.26. The lowest BCUT2D eigenvalue weighted by molar-refractivity contribution is -0.135. The Kier molecular flexibility index (Phi) is 7.25. The molecule has 1 aromatic carbocycles. The van der Waals surface area contributed by atoms with E-state index in [1.165, 1.54) is 37.7 Å². The molecule has 3 rings (SSSR count). The third-order valence-electron chi connectivity index (χ3n) is 5.99. The predicted molar refractivity (Wildman–Crippen MR) is 107 cm³/mol. The molecule has 2 fully saturated rings. The zero-order valence-electron chi connectivity index (χ0n) is 16.6. The second-order valence-electron chi connectivity index (χ2n) is 7.83. The zero-order chi connectivity index (χ0) is 19.1. The number of benzene rings is 1. The van der Waals surface area contributed by atoms with Crippen LogP contribution < -0.4 is 0 Å². The molecule has 5 heteroatoms. The minimum atomic E-state index is 0.310. The highest BCUT2D eigenvalue weighted by Crippen LogP contribution is 2.22. The molecule has 0 aromatic heterocycles. The van der Waals surface area contributed by atoms with Gasteiger partial charge in [-0.1, -0.05) is 31.4 Å². The van der Waals surface area contributed by atoms with Crippen molar-refractivity contribution in [2.24, 2.45) is 0 Å². The summed E-state index contributed by atoms with van der Waals surface area (Å²) in [5.74, 6) is 0.310. The van der Waals surface area contributed by atoms with E-state index in [9.17, 15) is 4.79 Å². The van der Waals surface area contributed by atoms with Crippen LogP contribution in [0, 0.1) is 11.3 Å². The van der Waals surface area contributed by atoms with Crippen LogP contribution in [-0.2, 0) is 11.3 Å². The van der Waals surface area contributed by atoms with Gasteiger partial charge in [-0.15, -0.1) is 0 Å². The number of nitriles is 1. The van der Waals surface area contributed by atoms with E-state index < -0.39 is 0 Å². The molecule has 0 radical (unpaired) electrons. The van der Waals surface area contributed by atoms with Gasteiger partial charge in [0.15, 0.2) is 0 Å². The molecule has 1 aliphatic carbocycles. The van der Waals surface area contributed by atoms with Crippen molar-refractivity contribution in [2.75, 3.05) is 39.3 Å². The van der Waals surface area contributed by atoms with E-state index in [2.05, 4.69) is 27.7 Å².